The van der Waals surface area contributed by atoms with E-state index in [1.165, 1.54) is 4.90 Å². The first-order chi connectivity index (χ1) is 7.22. The van der Waals surface area contributed by atoms with E-state index in [0.29, 0.717) is 18.5 Å². The first kappa shape index (κ1) is 9.86. The van der Waals surface area contributed by atoms with Crippen molar-refractivity contribution in [3.05, 3.63) is 29.8 Å². The molecule has 0 aromatic heterocycles. The molecule has 0 bridgehead atoms. The van der Waals surface area contributed by atoms with Gasteiger partial charge in [0, 0.05) is 12.8 Å². The normalized spacial score (nSPS) is 16.2. The van der Waals surface area contributed by atoms with Gasteiger partial charge in [-0.3, -0.25) is 14.5 Å². The van der Waals surface area contributed by atoms with E-state index in [-0.39, 0.29) is 18.4 Å². The van der Waals surface area contributed by atoms with Crippen LogP contribution in [0.4, 0.5) is 5.69 Å². The number of aliphatic hydroxyl groups is 1. The van der Waals surface area contributed by atoms with Gasteiger partial charge in [0.05, 0.1) is 12.3 Å². The van der Waals surface area contributed by atoms with E-state index in [4.69, 9.17) is 5.11 Å². The van der Waals surface area contributed by atoms with Gasteiger partial charge in [0.1, 0.15) is 0 Å². The second-order valence-electron chi connectivity index (χ2n) is 3.45. The van der Waals surface area contributed by atoms with Crippen molar-refractivity contribution >= 4 is 17.5 Å². The van der Waals surface area contributed by atoms with Gasteiger partial charge in [-0.25, -0.2) is 0 Å². The van der Waals surface area contributed by atoms with E-state index in [1.54, 1.807) is 24.3 Å². The maximum absolute atomic E-state index is 11.4. The van der Waals surface area contributed by atoms with Crippen LogP contribution >= 0.6 is 0 Å². The number of anilines is 1. The van der Waals surface area contributed by atoms with Crippen LogP contribution in [0.1, 0.15) is 18.4 Å². The van der Waals surface area contributed by atoms with Crippen molar-refractivity contribution in [2.24, 2.45) is 0 Å². The van der Waals surface area contributed by atoms with Crippen LogP contribution in [0.5, 0.6) is 0 Å². The molecule has 0 unspecified atom stereocenters. The van der Waals surface area contributed by atoms with Gasteiger partial charge < -0.3 is 5.11 Å². The SMILES string of the molecule is O=C1CCC(=O)N1c1ccc(CO)cc1. The van der Waals surface area contributed by atoms with E-state index in [9.17, 15) is 9.59 Å². The summed E-state index contributed by atoms with van der Waals surface area (Å²) in [5.74, 6) is -0.312. The standard InChI is InChI=1S/C11H11NO3/c13-7-8-1-3-9(4-2-8)12-10(14)5-6-11(12)15/h1-4,13H,5-7H2. The van der Waals surface area contributed by atoms with Crippen molar-refractivity contribution in [3.63, 3.8) is 0 Å². The van der Waals surface area contributed by atoms with Gasteiger partial charge in [0.25, 0.3) is 0 Å². The summed E-state index contributed by atoms with van der Waals surface area (Å²) >= 11 is 0. The molecule has 1 fully saturated rings. The molecule has 1 aliphatic heterocycles. The van der Waals surface area contributed by atoms with Crippen LogP contribution in [-0.4, -0.2) is 16.9 Å². The fourth-order valence-electron chi connectivity index (χ4n) is 1.61. The zero-order valence-electron chi connectivity index (χ0n) is 8.14. The lowest BCUT2D eigenvalue weighted by atomic mass is 10.2. The van der Waals surface area contributed by atoms with Crippen LogP contribution in [0.3, 0.4) is 0 Å². The van der Waals surface area contributed by atoms with Crippen LogP contribution in [0.15, 0.2) is 24.3 Å². The number of carbonyl (C=O) groups excluding carboxylic acids is 2. The molecule has 1 N–H and O–H groups in total. The smallest absolute Gasteiger partial charge is 0.234 e. The monoisotopic (exact) mass is 205 g/mol. The van der Waals surface area contributed by atoms with Gasteiger partial charge in [-0.1, -0.05) is 12.1 Å². The number of benzene rings is 1. The lowest BCUT2D eigenvalue weighted by Gasteiger charge is -2.13. The van der Waals surface area contributed by atoms with E-state index in [0.717, 1.165) is 5.56 Å². The van der Waals surface area contributed by atoms with Gasteiger partial charge in [-0.15, -0.1) is 0 Å². The van der Waals surface area contributed by atoms with Crippen molar-refractivity contribution in [2.45, 2.75) is 19.4 Å². The molecule has 1 aromatic rings. The molecule has 2 amide bonds. The fraction of sp³-hybridized carbons (Fsp3) is 0.273. The Bertz CT molecular complexity index is 381. The largest absolute Gasteiger partial charge is 0.392 e. The van der Waals surface area contributed by atoms with E-state index >= 15 is 0 Å². The average molecular weight is 205 g/mol. The molecule has 0 aliphatic carbocycles. The Morgan fingerprint density at radius 1 is 1.07 bits per heavy atom. The third-order valence-corrected chi connectivity index (χ3v) is 2.43. The molecule has 78 valence electrons. The molecule has 1 saturated heterocycles. The maximum Gasteiger partial charge on any atom is 0.234 e. The molecule has 1 heterocycles. The highest BCUT2D eigenvalue weighted by Crippen LogP contribution is 2.22. The molecule has 0 atom stereocenters. The molecule has 0 spiro atoms. The van der Waals surface area contributed by atoms with Crippen molar-refractivity contribution < 1.29 is 14.7 Å². The van der Waals surface area contributed by atoms with E-state index in [2.05, 4.69) is 0 Å². The Morgan fingerprint density at radius 2 is 1.60 bits per heavy atom. The number of carbonyl (C=O) groups is 2. The second kappa shape index (κ2) is 3.82. The van der Waals surface area contributed by atoms with Crippen molar-refractivity contribution in [3.8, 4) is 0 Å². The summed E-state index contributed by atoms with van der Waals surface area (Å²) < 4.78 is 0. The highest BCUT2D eigenvalue weighted by atomic mass is 16.3. The van der Waals surface area contributed by atoms with Crippen LogP contribution in [0, 0.1) is 0 Å². The third kappa shape index (κ3) is 1.76. The Balaban J connectivity index is 2.29. The molecule has 4 heteroatoms. The quantitative estimate of drug-likeness (QED) is 0.727. The van der Waals surface area contributed by atoms with Crippen LogP contribution in [0.25, 0.3) is 0 Å². The fourth-order valence-corrected chi connectivity index (χ4v) is 1.61. The van der Waals surface area contributed by atoms with Gasteiger partial charge in [0.2, 0.25) is 11.8 Å². The van der Waals surface area contributed by atoms with Crippen LogP contribution < -0.4 is 4.90 Å². The van der Waals surface area contributed by atoms with Crippen molar-refractivity contribution in [1.29, 1.82) is 0 Å². The number of hydrogen-bond acceptors (Lipinski definition) is 3. The first-order valence-corrected chi connectivity index (χ1v) is 4.78. The third-order valence-electron chi connectivity index (χ3n) is 2.43. The summed E-state index contributed by atoms with van der Waals surface area (Å²) in [4.78, 5) is 24.0. The number of imide groups is 1. The van der Waals surface area contributed by atoms with E-state index in [1.807, 2.05) is 0 Å². The molecule has 15 heavy (non-hydrogen) atoms. The second-order valence-corrected chi connectivity index (χ2v) is 3.45. The summed E-state index contributed by atoms with van der Waals surface area (Å²) in [6.07, 6.45) is 0.584. The number of amides is 2. The molecule has 4 nitrogen and oxygen atoms in total. The number of hydrogen-bond donors (Lipinski definition) is 1. The molecule has 2 rings (SSSR count). The maximum atomic E-state index is 11.4. The highest BCUT2D eigenvalue weighted by molar-refractivity contribution is 6.19. The lowest BCUT2D eigenvalue weighted by molar-refractivity contribution is -0.121. The summed E-state index contributed by atoms with van der Waals surface area (Å²) in [6.45, 7) is -0.0395. The minimum Gasteiger partial charge on any atom is -0.392 e. The van der Waals surface area contributed by atoms with Gasteiger partial charge in [-0.05, 0) is 17.7 Å². The van der Waals surface area contributed by atoms with E-state index < -0.39 is 0 Å². The Morgan fingerprint density at radius 3 is 2.07 bits per heavy atom. The predicted octanol–water partition coefficient (Wildman–Crippen LogP) is 0.832. The summed E-state index contributed by atoms with van der Waals surface area (Å²) in [6, 6.07) is 6.75. The summed E-state index contributed by atoms with van der Waals surface area (Å²) in [5, 5.41) is 8.85. The molecular weight excluding hydrogens is 194 g/mol. The Labute approximate surface area is 87.1 Å². The van der Waals surface area contributed by atoms with Crippen LogP contribution in [0.2, 0.25) is 0 Å². The predicted molar refractivity (Wildman–Crippen MR) is 54.1 cm³/mol. The minimum atomic E-state index is -0.156. The minimum absolute atomic E-state index is 0.0395. The van der Waals surface area contributed by atoms with Crippen molar-refractivity contribution in [2.75, 3.05) is 4.90 Å². The van der Waals surface area contributed by atoms with Crippen LogP contribution in [-0.2, 0) is 16.2 Å². The number of nitrogens with zero attached hydrogens (tertiary/aromatic N) is 1. The average Bonchev–Trinajstić information content (AvgIpc) is 2.59. The lowest BCUT2D eigenvalue weighted by Crippen LogP contribution is -2.28. The molecule has 0 radical (unpaired) electrons. The number of rotatable bonds is 2. The first-order valence-electron chi connectivity index (χ1n) is 4.78. The summed E-state index contributed by atoms with van der Waals surface area (Å²) in [5.41, 5.74) is 1.34. The summed E-state index contributed by atoms with van der Waals surface area (Å²) in [7, 11) is 0. The van der Waals surface area contributed by atoms with Gasteiger partial charge >= 0.3 is 0 Å². The molecule has 1 aliphatic rings. The highest BCUT2D eigenvalue weighted by Gasteiger charge is 2.29. The molecule has 1 aromatic carbocycles. The topological polar surface area (TPSA) is 57.6 Å². The van der Waals surface area contributed by atoms with Gasteiger partial charge in [-0.2, -0.15) is 0 Å². The Hall–Kier alpha value is -1.68. The zero-order chi connectivity index (χ0) is 10.8. The molecular formula is C11H11NO3. The zero-order valence-corrected chi connectivity index (χ0v) is 8.14. The Kier molecular flexibility index (Phi) is 2.51. The number of aliphatic hydroxyl groups excluding tert-OH is 1. The van der Waals surface area contributed by atoms with Gasteiger partial charge in [0.15, 0.2) is 0 Å². The molecule has 0 saturated carbocycles. The van der Waals surface area contributed by atoms with Crippen molar-refractivity contribution in [1.82, 2.24) is 0 Å².